The minimum absolute atomic E-state index is 0.203. The van der Waals surface area contributed by atoms with Gasteiger partial charge in [-0.1, -0.05) is 19.6 Å². The summed E-state index contributed by atoms with van der Waals surface area (Å²) in [7, 11) is 0. The van der Waals surface area contributed by atoms with Gasteiger partial charge in [0.15, 0.2) is 6.04 Å². The van der Waals surface area contributed by atoms with Gasteiger partial charge in [-0.05, 0) is 13.3 Å². The predicted molar refractivity (Wildman–Crippen MR) is 54.2 cm³/mol. The van der Waals surface area contributed by atoms with E-state index >= 15 is 0 Å². The van der Waals surface area contributed by atoms with Crippen LogP contribution < -0.4 is 5.32 Å². The number of carbonyl (C=O) groups is 2. The third-order valence-electron chi connectivity index (χ3n) is 1.62. The maximum atomic E-state index is 11.2. The number of rotatable bonds is 5. The third kappa shape index (κ3) is 4.48. The van der Waals surface area contributed by atoms with Crippen LogP contribution in [-0.2, 0) is 9.53 Å². The molecule has 0 fully saturated rings. The molecule has 0 aliphatic rings. The van der Waals surface area contributed by atoms with Gasteiger partial charge in [0.25, 0.3) is 5.24 Å². The van der Waals surface area contributed by atoms with Crippen LogP contribution >= 0.6 is 12.6 Å². The van der Waals surface area contributed by atoms with Crippen molar-refractivity contribution in [2.24, 2.45) is 0 Å². The predicted octanol–water partition coefficient (Wildman–Crippen LogP) is 0.328. The van der Waals surface area contributed by atoms with Gasteiger partial charge in [0, 0.05) is 0 Å². The molecule has 0 heterocycles. The van der Waals surface area contributed by atoms with Crippen molar-refractivity contribution in [3.05, 3.63) is 0 Å². The number of aliphatic hydroxyl groups excluding tert-OH is 1. The lowest BCUT2D eigenvalue weighted by Crippen LogP contribution is -2.47. The molecule has 6 heteroatoms. The van der Waals surface area contributed by atoms with E-state index in [1.54, 1.807) is 13.8 Å². The monoisotopic (exact) mass is 221 g/mol. The Morgan fingerprint density at radius 2 is 2.07 bits per heavy atom. The van der Waals surface area contributed by atoms with Crippen molar-refractivity contribution in [1.29, 1.82) is 0 Å². The van der Waals surface area contributed by atoms with Crippen LogP contribution in [0.4, 0.5) is 4.79 Å². The van der Waals surface area contributed by atoms with Crippen LogP contribution in [0.5, 0.6) is 0 Å². The van der Waals surface area contributed by atoms with Crippen molar-refractivity contribution < 1.29 is 19.4 Å². The van der Waals surface area contributed by atoms with Crippen LogP contribution in [0.25, 0.3) is 0 Å². The van der Waals surface area contributed by atoms with E-state index in [0.29, 0.717) is 6.42 Å². The fraction of sp³-hybridized carbons (Fsp3) is 0.750. The van der Waals surface area contributed by atoms with Crippen molar-refractivity contribution in [3.63, 3.8) is 0 Å². The van der Waals surface area contributed by atoms with E-state index in [2.05, 4.69) is 22.7 Å². The van der Waals surface area contributed by atoms with Crippen molar-refractivity contribution >= 4 is 23.8 Å². The second kappa shape index (κ2) is 6.67. The van der Waals surface area contributed by atoms with Crippen LogP contribution in [0.15, 0.2) is 0 Å². The molecule has 14 heavy (non-hydrogen) atoms. The molecule has 0 aliphatic carbocycles. The molecule has 2 unspecified atom stereocenters. The lowest BCUT2D eigenvalue weighted by atomic mass is 10.1. The summed E-state index contributed by atoms with van der Waals surface area (Å²) in [6.45, 7) is 3.55. The molecule has 2 atom stereocenters. The Labute approximate surface area is 88.2 Å². The first-order valence-electron chi connectivity index (χ1n) is 4.37. The molecular formula is C8H15NO4S. The number of esters is 1. The molecule has 0 aromatic rings. The third-order valence-corrected chi connectivity index (χ3v) is 1.75. The minimum Gasteiger partial charge on any atom is -0.464 e. The molecule has 2 N–H and O–H groups in total. The zero-order valence-corrected chi connectivity index (χ0v) is 9.08. The van der Waals surface area contributed by atoms with Gasteiger partial charge in [-0.15, -0.1) is 0 Å². The first kappa shape index (κ1) is 13.2. The highest BCUT2D eigenvalue weighted by molar-refractivity contribution is 7.96. The summed E-state index contributed by atoms with van der Waals surface area (Å²) in [6, 6.07) is -1.04. The zero-order chi connectivity index (χ0) is 11.1. The van der Waals surface area contributed by atoms with Gasteiger partial charge < -0.3 is 15.2 Å². The summed E-state index contributed by atoms with van der Waals surface area (Å²) in [5.41, 5.74) is 0. The number of hydrogen-bond donors (Lipinski definition) is 3. The van der Waals surface area contributed by atoms with E-state index in [0.717, 1.165) is 0 Å². The van der Waals surface area contributed by atoms with Crippen LogP contribution in [0.2, 0.25) is 0 Å². The average Bonchev–Trinajstić information content (AvgIpc) is 2.13. The lowest BCUT2D eigenvalue weighted by Gasteiger charge is -2.20. The Morgan fingerprint density at radius 1 is 1.50 bits per heavy atom. The summed E-state index contributed by atoms with van der Waals surface area (Å²) in [6.07, 6.45) is -0.609. The average molecular weight is 221 g/mol. The normalized spacial score (nSPS) is 14.3. The van der Waals surface area contributed by atoms with E-state index in [1.165, 1.54) is 0 Å². The number of amides is 1. The molecule has 5 nitrogen and oxygen atoms in total. The maximum Gasteiger partial charge on any atom is 0.331 e. The van der Waals surface area contributed by atoms with E-state index in [4.69, 9.17) is 0 Å². The summed E-state index contributed by atoms with van der Waals surface area (Å²) in [4.78, 5) is 21.9. The highest BCUT2D eigenvalue weighted by Crippen LogP contribution is 2.02. The number of carbonyl (C=O) groups excluding carboxylic acids is 2. The standard InChI is InChI=1S/C8H15NO4S/c1-3-5(10)6(9-8(12)14)7(11)13-4-2/h5-6,10H,3-4H2,1-2H3,(H2,9,12,14). The van der Waals surface area contributed by atoms with E-state index in [1.807, 2.05) is 0 Å². The Balaban J connectivity index is 4.37. The Bertz CT molecular complexity index is 210. The van der Waals surface area contributed by atoms with Crippen molar-refractivity contribution in [1.82, 2.24) is 5.32 Å². The van der Waals surface area contributed by atoms with Crippen molar-refractivity contribution in [2.75, 3.05) is 6.61 Å². The highest BCUT2D eigenvalue weighted by atomic mass is 32.1. The summed E-state index contributed by atoms with van der Waals surface area (Å²) in [5, 5.41) is 11.0. The van der Waals surface area contributed by atoms with Crippen molar-refractivity contribution in [3.8, 4) is 0 Å². The second-order valence-electron chi connectivity index (χ2n) is 2.65. The van der Waals surface area contributed by atoms with E-state index < -0.39 is 23.4 Å². The van der Waals surface area contributed by atoms with Gasteiger partial charge >= 0.3 is 5.97 Å². The number of aliphatic hydroxyl groups is 1. The number of ether oxygens (including phenoxy) is 1. The van der Waals surface area contributed by atoms with Gasteiger partial charge in [0.05, 0.1) is 12.7 Å². The van der Waals surface area contributed by atoms with Gasteiger partial charge in [-0.3, -0.25) is 4.79 Å². The zero-order valence-electron chi connectivity index (χ0n) is 8.19. The van der Waals surface area contributed by atoms with Gasteiger partial charge in [-0.25, -0.2) is 4.79 Å². The van der Waals surface area contributed by atoms with Gasteiger partial charge in [0.2, 0.25) is 0 Å². The Morgan fingerprint density at radius 3 is 2.43 bits per heavy atom. The highest BCUT2D eigenvalue weighted by Gasteiger charge is 2.27. The quantitative estimate of drug-likeness (QED) is 0.462. The minimum atomic E-state index is -1.04. The topological polar surface area (TPSA) is 75.6 Å². The smallest absolute Gasteiger partial charge is 0.331 e. The van der Waals surface area contributed by atoms with Crippen LogP contribution in [0, 0.1) is 0 Å². The summed E-state index contributed by atoms with van der Waals surface area (Å²) in [5.74, 6) is -0.649. The molecule has 0 bridgehead atoms. The molecule has 0 aromatic heterocycles. The molecule has 0 rings (SSSR count). The molecule has 0 aliphatic heterocycles. The first-order valence-corrected chi connectivity index (χ1v) is 4.81. The fourth-order valence-electron chi connectivity index (χ4n) is 0.913. The second-order valence-corrected chi connectivity index (χ2v) is 3.06. The summed E-state index contributed by atoms with van der Waals surface area (Å²) >= 11 is 3.46. The number of hydrogen-bond acceptors (Lipinski definition) is 4. The maximum absolute atomic E-state index is 11.2. The number of nitrogens with one attached hydrogen (secondary N) is 1. The molecule has 0 spiro atoms. The molecule has 0 aromatic carbocycles. The fourth-order valence-corrected chi connectivity index (χ4v) is 1.05. The SMILES string of the molecule is CCOC(=O)C(NC(=O)S)C(O)CC. The molecule has 0 saturated heterocycles. The van der Waals surface area contributed by atoms with Crippen molar-refractivity contribution in [2.45, 2.75) is 32.4 Å². The van der Waals surface area contributed by atoms with Crippen LogP contribution in [0.1, 0.15) is 20.3 Å². The molecule has 82 valence electrons. The molecule has 0 saturated carbocycles. The Hall–Kier alpha value is -0.750. The van der Waals surface area contributed by atoms with E-state index in [9.17, 15) is 14.7 Å². The molecule has 1 amide bonds. The van der Waals surface area contributed by atoms with Crippen LogP contribution in [0.3, 0.4) is 0 Å². The van der Waals surface area contributed by atoms with E-state index in [-0.39, 0.29) is 6.61 Å². The number of thiol groups is 1. The van der Waals surface area contributed by atoms with Gasteiger partial charge in [0.1, 0.15) is 0 Å². The Kier molecular flexibility index (Phi) is 6.31. The molecule has 0 radical (unpaired) electrons. The largest absolute Gasteiger partial charge is 0.464 e. The molecular weight excluding hydrogens is 206 g/mol. The van der Waals surface area contributed by atoms with Crippen LogP contribution in [-0.4, -0.2) is 35.1 Å². The van der Waals surface area contributed by atoms with Gasteiger partial charge in [-0.2, -0.15) is 0 Å². The lowest BCUT2D eigenvalue weighted by molar-refractivity contribution is -0.148. The first-order chi connectivity index (χ1) is 6.52. The summed E-state index contributed by atoms with van der Waals surface area (Å²) < 4.78 is 4.68.